The van der Waals surface area contributed by atoms with E-state index < -0.39 is 0 Å². The number of morpholine rings is 1. The number of nitrogens with one attached hydrogen (secondary N) is 1. The van der Waals surface area contributed by atoms with Gasteiger partial charge in [-0.3, -0.25) is 4.79 Å². The molecule has 2 rings (SSSR count). The molecule has 80 valence electrons. The molecule has 0 saturated carbocycles. The number of nitrogens with zero attached hydrogens (tertiary/aromatic N) is 1. The van der Waals surface area contributed by atoms with Crippen molar-refractivity contribution < 1.29 is 9.53 Å². The lowest BCUT2D eigenvalue weighted by Crippen LogP contribution is -2.52. The van der Waals surface area contributed by atoms with Crippen LogP contribution >= 0.6 is 0 Å². The van der Waals surface area contributed by atoms with Crippen LogP contribution in [0.15, 0.2) is 0 Å². The Hall–Kier alpha value is -0.610. The van der Waals surface area contributed by atoms with Crippen LogP contribution in [0, 0.1) is 0 Å². The van der Waals surface area contributed by atoms with Crippen LogP contribution in [-0.4, -0.2) is 49.2 Å². The van der Waals surface area contributed by atoms with Crippen molar-refractivity contribution >= 4 is 5.91 Å². The minimum absolute atomic E-state index is 0.0653. The fourth-order valence-corrected chi connectivity index (χ4v) is 2.15. The molecule has 2 heterocycles. The van der Waals surface area contributed by atoms with E-state index in [1.165, 1.54) is 0 Å². The predicted molar refractivity (Wildman–Crippen MR) is 53.0 cm³/mol. The zero-order valence-electron chi connectivity index (χ0n) is 8.66. The molecule has 1 unspecified atom stereocenters. The van der Waals surface area contributed by atoms with Crippen LogP contribution in [0.2, 0.25) is 0 Å². The molecule has 0 spiro atoms. The van der Waals surface area contributed by atoms with Crippen molar-refractivity contribution in [3.63, 3.8) is 0 Å². The van der Waals surface area contributed by atoms with E-state index >= 15 is 0 Å². The highest BCUT2D eigenvalue weighted by molar-refractivity contribution is 5.82. The molecule has 1 N–H and O–H groups in total. The molecule has 2 fully saturated rings. The van der Waals surface area contributed by atoms with Crippen LogP contribution in [0.4, 0.5) is 0 Å². The van der Waals surface area contributed by atoms with Crippen molar-refractivity contribution in [2.24, 2.45) is 0 Å². The van der Waals surface area contributed by atoms with Crippen LogP contribution in [0.1, 0.15) is 19.8 Å². The minimum atomic E-state index is 0.0653. The first-order valence-electron chi connectivity index (χ1n) is 5.40. The quantitative estimate of drug-likeness (QED) is 0.644. The van der Waals surface area contributed by atoms with Gasteiger partial charge in [0.15, 0.2) is 0 Å². The molecule has 2 atom stereocenters. The van der Waals surface area contributed by atoms with E-state index in [4.69, 9.17) is 4.74 Å². The van der Waals surface area contributed by atoms with Gasteiger partial charge in [-0.05, 0) is 26.3 Å². The lowest BCUT2D eigenvalue weighted by molar-refractivity contribution is -0.141. The summed E-state index contributed by atoms with van der Waals surface area (Å²) in [6.07, 6.45) is 2.11. The average Bonchev–Trinajstić information content (AvgIpc) is 2.70. The molecular weight excluding hydrogens is 180 g/mol. The van der Waals surface area contributed by atoms with Crippen molar-refractivity contribution in [2.75, 3.05) is 26.3 Å². The first kappa shape index (κ1) is 9.93. The monoisotopic (exact) mass is 198 g/mol. The van der Waals surface area contributed by atoms with Crippen molar-refractivity contribution in [3.05, 3.63) is 0 Å². The van der Waals surface area contributed by atoms with E-state index in [-0.39, 0.29) is 18.0 Å². The zero-order valence-corrected chi connectivity index (χ0v) is 8.66. The van der Waals surface area contributed by atoms with Crippen molar-refractivity contribution in [3.8, 4) is 0 Å². The van der Waals surface area contributed by atoms with E-state index in [1.54, 1.807) is 0 Å². The Kier molecular flexibility index (Phi) is 3.03. The summed E-state index contributed by atoms with van der Waals surface area (Å²) >= 11 is 0. The fourth-order valence-electron chi connectivity index (χ4n) is 2.15. The van der Waals surface area contributed by atoms with E-state index in [2.05, 4.69) is 5.32 Å². The Bertz CT molecular complexity index is 214. The third kappa shape index (κ3) is 1.91. The summed E-state index contributed by atoms with van der Waals surface area (Å²) in [6.45, 7) is 5.14. The number of carbonyl (C=O) groups is 1. The predicted octanol–water partition coefficient (Wildman–Crippen LogP) is -0.0143. The van der Waals surface area contributed by atoms with E-state index in [0.29, 0.717) is 13.2 Å². The smallest absolute Gasteiger partial charge is 0.240 e. The molecular formula is C10H18N2O2. The maximum absolute atomic E-state index is 12.0. The van der Waals surface area contributed by atoms with Gasteiger partial charge in [0.05, 0.1) is 25.3 Å². The van der Waals surface area contributed by atoms with Crippen LogP contribution in [-0.2, 0) is 9.53 Å². The molecule has 0 radical (unpaired) electrons. The molecule has 0 aromatic heterocycles. The molecule has 0 bridgehead atoms. The van der Waals surface area contributed by atoms with Gasteiger partial charge < -0.3 is 15.0 Å². The topological polar surface area (TPSA) is 41.6 Å². The lowest BCUT2D eigenvalue weighted by atomic mass is 10.1. The minimum Gasteiger partial charge on any atom is -0.377 e. The molecule has 2 aliphatic heterocycles. The Labute approximate surface area is 84.6 Å². The number of carbonyl (C=O) groups excluding carboxylic acids is 1. The maximum Gasteiger partial charge on any atom is 0.240 e. The Morgan fingerprint density at radius 3 is 3.07 bits per heavy atom. The Balaban J connectivity index is 1.94. The summed E-state index contributed by atoms with van der Waals surface area (Å²) in [5.74, 6) is 0.262. The SMILES string of the molecule is CC1COCCN1C(=O)[C@@H]1CCCN1. The summed E-state index contributed by atoms with van der Waals surface area (Å²) in [5.41, 5.74) is 0. The van der Waals surface area contributed by atoms with Crippen molar-refractivity contribution in [1.82, 2.24) is 10.2 Å². The van der Waals surface area contributed by atoms with Gasteiger partial charge in [-0.25, -0.2) is 0 Å². The fraction of sp³-hybridized carbons (Fsp3) is 0.900. The van der Waals surface area contributed by atoms with Gasteiger partial charge in [0, 0.05) is 6.54 Å². The molecule has 4 heteroatoms. The summed E-state index contributed by atoms with van der Waals surface area (Å²) in [7, 11) is 0. The second-order valence-corrected chi connectivity index (χ2v) is 4.10. The van der Waals surface area contributed by atoms with Crippen molar-refractivity contribution in [2.45, 2.75) is 31.8 Å². The Morgan fingerprint density at radius 1 is 1.57 bits per heavy atom. The molecule has 0 aromatic rings. The lowest BCUT2D eigenvalue weighted by Gasteiger charge is -2.35. The van der Waals surface area contributed by atoms with E-state index in [1.807, 2.05) is 11.8 Å². The molecule has 0 aromatic carbocycles. The first-order chi connectivity index (χ1) is 6.79. The zero-order chi connectivity index (χ0) is 9.97. The summed E-state index contributed by atoms with van der Waals surface area (Å²) in [4.78, 5) is 14.0. The highest BCUT2D eigenvalue weighted by Crippen LogP contribution is 2.13. The van der Waals surface area contributed by atoms with Gasteiger partial charge in [0.25, 0.3) is 0 Å². The molecule has 4 nitrogen and oxygen atoms in total. The third-order valence-electron chi connectivity index (χ3n) is 3.01. The van der Waals surface area contributed by atoms with Crippen molar-refractivity contribution in [1.29, 1.82) is 0 Å². The van der Waals surface area contributed by atoms with E-state index in [0.717, 1.165) is 25.9 Å². The van der Waals surface area contributed by atoms with Gasteiger partial charge in [0.2, 0.25) is 5.91 Å². The largest absolute Gasteiger partial charge is 0.377 e. The number of hydrogen-bond donors (Lipinski definition) is 1. The van der Waals surface area contributed by atoms with Crippen LogP contribution in [0.3, 0.4) is 0 Å². The first-order valence-corrected chi connectivity index (χ1v) is 5.40. The Morgan fingerprint density at radius 2 is 2.43 bits per heavy atom. The molecule has 2 aliphatic rings. The maximum atomic E-state index is 12.0. The molecule has 14 heavy (non-hydrogen) atoms. The third-order valence-corrected chi connectivity index (χ3v) is 3.01. The number of rotatable bonds is 1. The number of hydrogen-bond acceptors (Lipinski definition) is 3. The van der Waals surface area contributed by atoms with E-state index in [9.17, 15) is 4.79 Å². The summed E-state index contributed by atoms with van der Waals surface area (Å²) in [6, 6.07) is 0.300. The summed E-state index contributed by atoms with van der Waals surface area (Å²) < 4.78 is 5.31. The summed E-state index contributed by atoms with van der Waals surface area (Å²) in [5, 5.41) is 3.24. The average molecular weight is 198 g/mol. The molecule has 2 saturated heterocycles. The van der Waals surface area contributed by atoms with Crippen LogP contribution < -0.4 is 5.32 Å². The highest BCUT2D eigenvalue weighted by Gasteiger charge is 2.30. The van der Waals surface area contributed by atoms with Gasteiger partial charge in [-0.15, -0.1) is 0 Å². The van der Waals surface area contributed by atoms with Gasteiger partial charge in [0.1, 0.15) is 0 Å². The van der Waals surface area contributed by atoms with Crippen LogP contribution in [0.5, 0.6) is 0 Å². The van der Waals surface area contributed by atoms with Crippen LogP contribution in [0.25, 0.3) is 0 Å². The normalized spacial score (nSPS) is 33.4. The van der Waals surface area contributed by atoms with Gasteiger partial charge >= 0.3 is 0 Å². The second kappa shape index (κ2) is 4.28. The number of ether oxygens (including phenoxy) is 1. The highest BCUT2D eigenvalue weighted by atomic mass is 16.5. The standard InChI is InChI=1S/C10H18N2O2/c1-8-7-14-6-5-12(8)10(13)9-3-2-4-11-9/h8-9,11H,2-7H2,1H3/t8?,9-/m0/s1. The molecule has 0 aliphatic carbocycles. The second-order valence-electron chi connectivity index (χ2n) is 4.10. The van der Waals surface area contributed by atoms with Gasteiger partial charge in [-0.1, -0.05) is 0 Å². The molecule has 1 amide bonds. The van der Waals surface area contributed by atoms with Gasteiger partial charge in [-0.2, -0.15) is 0 Å². The number of amides is 1.